The van der Waals surface area contributed by atoms with Gasteiger partial charge in [-0.05, 0) is 57.7 Å². The Bertz CT molecular complexity index is 1890. The number of aromatic nitrogens is 1. The van der Waals surface area contributed by atoms with E-state index in [2.05, 4.69) is 43.4 Å². The Labute approximate surface area is 255 Å². The first-order valence-corrected chi connectivity index (χ1v) is 14.9. The van der Waals surface area contributed by atoms with Gasteiger partial charge in [-0.25, -0.2) is 4.79 Å². The number of hydrogen-bond donors (Lipinski definition) is 3. The molecule has 5 aromatic rings. The summed E-state index contributed by atoms with van der Waals surface area (Å²) >= 11 is 5.32. The highest BCUT2D eigenvalue weighted by atomic mass is 32.1. The zero-order chi connectivity index (χ0) is 30.2. The van der Waals surface area contributed by atoms with Crippen molar-refractivity contribution >= 4 is 34.1 Å². The molecule has 0 aliphatic heterocycles. The summed E-state index contributed by atoms with van der Waals surface area (Å²) in [7, 11) is 0. The highest BCUT2D eigenvalue weighted by molar-refractivity contribution is 7.80. The van der Waals surface area contributed by atoms with E-state index in [1.54, 1.807) is 16.7 Å². The Morgan fingerprint density at radius 3 is 2.09 bits per heavy atom. The van der Waals surface area contributed by atoms with Gasteiger partial charge < -0.3 is 20.7 Å². The van der Waals surface area contributed by atoms with E-state index in [1.807, 2.05) is 60.7 Å². The molecule has 1 unspecified atom stereocenters. The van der Waals surface area contributed by atoms with Crippen LogP contribution in [0.2, 0.25) is 0 Å². The number of carboxylic acid groups (broad SMARTS) is 1. The Hall–Kier alpha value is -4.75. The van der Waals surface area contributed by atoms with Crippen molar-refractivity contribution in [1.82, 2.24) is 9.88 Å². The number of nitrogens with two attached hydrogens (primary N) is 1. The minimum absolute atomic E-state index is 0.0749. The van der Waals surface area contributed by atoms with E-state index in [4.69, 9.17) is 18.0 Å². The third kappa shape index (κ3) is 5.21. The number of carbonyl (C=O) groups is 1. The summed E-state index contributed by atoms with van der Waals surface area (Å²) in [5.74, 6) is 0.0564. The van der Waals surface area contributed by atoms with Crippen LogP contribution in [0.25, 0.3) is 33.0 Å². The standard InChI is InChI=1S/C36H33N3O3S/c1-21(2)20-39-33(32(22-10-4-3-5-11-22)30-18-23(34(37)43)16-17-28(30)35(39)40)31(38-36(41)42)19-29-26-14-8-6-12-24(26)25-13-7-9-15-27(25)29/h3-18,21,29,31,38H,19-20H2,1-2H3,(H2,37,43)(H,41,42). The fraction of sp³-hybridized carbons (Fsp3) is 0.194. The molecule has 0 spiro atoms. The lowest BCUT2D eigenvalue weighted by molar-refractivity contribution is 0.188. The minimum atomic E-state index is -1.15. The summed E-state index contributed by atoms with van der Waals surface area (Å²) in [6.07, 6.45) is -0.720. The summed E-state index contributed by atoms with van der Waals surface area (Å²) in [6, 6.07) is 31.1. The Morgan fingerprint density at radius 1 is 0.907 bits per heavy atom. The molecule has 1 amide bonds. The quantitative estimate of drug-likeness (QED) is 0.164. The smallest absolute Gasteiger partial charge is 0.405 e. The number of fused-ring (bicyclic) bond motifs is 4. The van der Waals surface area contributed by atoms with Gasteiger partial charge in [-0.2, -0.15) is 0 Å². The number of rotatable bonds is 8. The van der Waals surface area contributed by atoms with E-state index in [-0.39, 0.29) is 22.4 Å². The molecular formula is C36H33N3O3S. The van der Waals surface area contributed by atoms with Gasteiger partial charge >= 0.3 is 6.09 Å². The van der Waals surface area contributed by atoms with Gasteiger partial charge in [-0.3, -0.25) is 4.79 Å². The highest BCUT2D eigenvalue weighted by Gasteiger charge is 2.34. The van der Waals surface area contributed by atoms with Gasteiger partial charge in [0.25, 0.3) is 5.56 Å². The number of pyridine rings is 1. The largest absolute Gasteiger partial charge is 0.465 e. The van der Waals surface area contributed by atoms with Crippen molar-refractivity contribution < 1.29 is 9.90 Å². The van der Waals surface area contributed by atoms with Crippen LogP contribution in [0.1, 0.15) is 54.6 Å². The molecular weight excluding hydrogens is 554 g/mol. The minimum Gasteiger partial charge on any atom is -0.465 e. The van der Waals surface area contributed by atoms with Crippen molar-refractivity contribution in [3.63, 3.8) is 0 Å². The van der Waals surface area contributed by atoms with Crippen molar-refractivity contribution in [2.45, 2.75) is 38.8 Å². The fourth-order valence-corrected chi connectivity index (χ4v) is 6.70. The second-order valence-corrected chi connectivity index (χ2v) is 12.0. The summed E-state index contributed by atoms with van der Waals surface area (Å²) < 4.78 is 1.78. The molecule has 1 heterocycles. The van der Waals surface area contributed by atoms with Gasteiger partial charge in [-0.15, -0.1) is 0 Å². The van der Waals surface area contributed by atoms with Crippen LogP contribution in [0.4, 0.5) is 4.79 Å². The molecule has 1 atom stereocenters. The van der Waals surface area contributed by atoms with Gasteiger partial charge in [0.05, 0.1) is 11.7 Å². The molecule has 1 aliphatic rings. The number of nitrogens with one attached hydrogen (secondary N) is 1. The lowest BCUT2D eigenvalue weighted by atomic mass is 9.85. The molecule has 43 heavy (non-hydrogen) atoms. The van der Waals surface area contributed by atoms with Crippen LogP contribution in [0, 0.1) is 5.92 Å². The number of amides is 1. The fourth-order valence-electron chi connectivity index (χ4n) is 6.57. The van der Waals surface area contributed by atoms with E-state index >= 15 is 0 Å². The Balaban J connectivity index is 1.67. The van der Waals surface area contributed by atoms with E-state index in [9.17, 15) is 14.7 Å². The van der Waals surface area contributed by atoms with Crippen molar-refractivity contribution in [2.24, 2.45) is 11.7 Å². The maximum absolute atomic E-state index is 14.3. The number of hydrogen-bond acceptors (Lipinski definition) is 3. The molecule has 0 fully saturated rings. The van der Waals surface area contributed by atoms with Gasteiger partial charge in [0.15, 0.2) is 0 Å². The van der Waals surface area contributed by atoms with Crippen LogP contribution in [-0.4, -0.2) is 20.8 Å². The molecule has 1 aromatic heterocycles. The molecule has 0 saturated carbocycles. The average molecular weight is 588 g/mol. The molecule has 6 rings (SSSR count). The van der Waals surface area contributed by atoms with Gasteiger partial charge in [0.1, 0.15) is 4.99 Å². The molecule has 0 bridgehead atoms. The van der Waals surface area contributed by atoms with Gasteiger partial charge in [0.2, 0.25) is 0 Å². The van der Waals surface area contributed by atoms with Crippen LogP contribution in [0.3, 0.4) is 0 Å². The summed E-state index contributed by atoms with van der Waals surface area (Å²) in [6.45, 7) is 4.54. The van der Waals surface area contributed by atoms with Crippen molar-refractivity contribution in [3.8, 4) is 22.3 Å². The molecule has 1 aliphatic carbocycles. The number of thiocarbonyl (C=S) groups is 1. The first-order chi connectivity index (χ1) is 20.7. The molecule has 6 nitrogen and oxygen atoms in total. The molecule has 0 saturated heterocycles. The monoisotopic (exact) mass is 587 g/mol. The summed E-state index contributed by atoms with van der Waals surface area (Å²) in [4.78, 5) is 27.0. The molecule has 4 aromatic carbocycles. The molecule has 216 valence electrons. The topological polar surface area (TPSA) is 97.3 Å². The SMILES string of the molecule is CC(C)Cn1c(C(CC2c3ccccc3-c3ccccc32)NC(=O)O)c(-c2ccccc2)c2cc(C(N)=S)ccc2c1=O. The average Bonchev–Trinajstić information content (AvgIpc) is 3.31. The van der Waals surface area contributed by atoms with Crippen LogP contribution < -0.4 is 16.6 Å². The van der Waals surface area contributed by atoms with E-state index in [0.29, 0.717) is 35.0 Å². The van der Waals surface area contributed by atoms with Crippen LogP contribution in [-0.2, 0) is 6.54 Å². The first kappa shape index (κ1) is 28.4. The lowest BCUT2D eigenvalue weighted by Crippen LogP contribution is -2.35. The Kier molecular flexibility index (Phi) is 7.59. The summed E-state index contributed by atoms with van der Waals surface area (Å²) in [5, 5.41) is 14.3. The number of nitrogens with zero attached hydrogens (tertiary/aromatic N) is 1. The van der Waals surface area contributed by atoms with E-state index < -0.39 is 12.1 Å². The Morgan fingerprint density at radius 2 is 1.51 bits per heavy atom. The molecule has 0 radical (unpaired) electrons. The van der Waals surface area contributed by atoms with Crippen LogP contribution in [0.15, 0.2) is 102 Å². The van der Waals surface area contributed by atoms with Gasteiger partial charge in [-0.1, -0.05) is 111 Å². The van der Waals surface area contributed by atoms with E-state index in [0.717, 1.165) is 33.4 Å². The second kappa shape index (κ2) is 11.5. The zero-order valence-corrected chi connectivity index (χ0v) is 24.9. The third-order valence-electron chi connectivity index (χ3n) is 8.27. The maximum atomic E-state index is 14.3. The van der Waals surface area contributed by atoms with Crippen molar-refractivity contribution in [1.29, 1.82) is 0 Å². The van der Waals surface area contributed by atoms with Crippen molar-refractivity contribution in [3.05, 3.63) is 130 Å². The molecule has 7 heteroatoms. The lowest BCUT2D eigenvalue weighted by Gasteiger charge is -2.29. The van der Waals surface area contributed by atoms with Gasteiger partial charge in [0, 0.05) is 29.0 Å². The maximum Gasteiger partial charge on any atom is 0.405 e. The normalized spacial score (nSPS) is 13.1. The number of benzene rings is 4. The van der Waals surface area contributed by atoms with Crippen LogP contribution in [0.5, 0.6) is 0 Å². The highest BCUT2D eigenvalue weighted by Crippen LogP contribution is 2.49. The predicted octanol–water partition coefficient (Wildman–Crippen LogP) is 7.47. The summed E-state index contributed by atoms with van der Waals surface area (Å²) in [5.41, 5.74) is 13.4. The zero-order valence-electron chi connectivity index (χ0n) is 24.1. The second-order valence-electron chi connectivity index (χ2n) is 11.5. The van der Waals surface area contributed by atoms with E-state index in [1.165, 1.54) is 0 Å². The van der Waals surface area contributed by atoms with Crippen LogP contribution >= 0.6 is 12.2 Å². The predicted molar refractivity (Wildman–Crippen MR) is 177 cm³/mol. The third-order valence-corrected chi connectivity index (χ3v) is 8.50. The first-order valence-electron chi connectivity index (χ1n) is 14.5. The van der Waals surface area contributed by atoms with Crippen molar-refractivity contribution in [2.75, 3.05) is 0 Å². The molecule has 4 N–H and O–H groups in total.